The molecule has 0 aliphatic heterocycles. The Morgan fingerprint density at radius 3 is 2.55 bits per heavy atom. The first-order valence-corrected chi connectivity index (χ1v) is 8.70. The van der Waals surface area contributed by atoms with Crippen molar-refractivity contribution >= 4 is 31.4 Å². The summed E-state index contributed by atoms with van der Waals surface area (Å²) in [6.07, 6.45) is -0.729. The molecule has 0 spiro atoms. The topological polar surface area (TPSA) is 43.6 Å². The van der Waals surface area contributed by atoms with E-state index in [1.54, 1.807) is 10.9 Å². The molecule has 1 aliphatic carbocycles. The first-order valence-electron chi connectivity index (χ1n) is 6.44. The normalized spacial score (nSPS) is 16.9. The van der Waals surface area contributed by atoms with Crippen molar-refractivity contribution in [1.29, 1.82) is 0 Å². The molecular formula is C12H14AsF3N4. The molecule has 8 heteroatoms. The van der Waals surface area contributed by atoms with E-state index in [2.05, 4.69) is 15.0 Å². The monoisotopic (exact) mass is 346 g/mol. The van der Waals surface area contributed by atoms with E-state index in [-0.39, 0.29) is 6.04 Å². The van der Waals surface area contributed by atoms with Crippen LogP contribution in [0.4, 0.5) is 13.2 Å². The van der Waals surface area contributed by atoms with E-state index in [0.29, 0.717) is 20.4 Å². The van der Waals surface area contributed by atoms with Crippen LogP contribution in [0.15, 0.2) is 6.33 Å². The molecular weight excluding hydrogens is 332 g/mol. The Bertz CT molecular complexity index is 646. The Hall–Kier alpha value is -1.10. The van der Waals surface area contributed by atoms with Gasteiger partial charge in [-0.15, -0.1) is 0 Å². The standard InChI is InChI=1S/C12H14AsF3N4/c1-6(2)20-5-17-8-9(13-7-3-4-7)18-11(12(14,15)16)19-10(8)20/h5-7,13H,3-4H2,1-2H3. The first-order chi connectivity index (χ1) is 9.36. The van der Waals surface area contributed by atoms with Crippen molar-refractivity contribution in [3.05, 3.63) is 12.2 Å². The molecule has 1 fully saturated rings. The number of aromatic nitrogens is 4. The predicted octanol–water partition coefficient (Wildman–Crippen LogP) is 2.07. The fraction of sp³-hybridized carbons (Fsp3) is 0.583. The summed E-state index contributed by atoms with van der Waals surface area (Å²) >= 11 is -0.669. The van der Waals surface area contributed by atoms with Gasteiger partial charge in [-0.1, -0.05) is 0 Å². The zero-order valence-corrected chi connectivity index (χ0v) is 13.2. The molecule has 0 radical (unpaired) electrons. The number of fused-ring (bicyclic) bond motifs is 1. The number of halogens is 3. The molecule has 0 saturated heterocycles. The van der Waals surface area contributed by atoms with E-state index in [1.165, 1.54) is 0 Å². The number of hydrogen-bond donors (Lipinski definition) is 0. The summed E-state index contributed by atoms with van der Waals surface area (Å²) in [6, 6.07) is 0.0183. The molecule has 0 N–H and O–H groups in total. The van der Waals surface area contributed by atoms with E-state index in [0.717, 1.165) is 12.8 Å². The molecule has 4 nitrogen and oxygen atoms in total. The third-order valence-corrected chi connectivity index (χ3v) is 6.52. The second-order valence-electron chi connectivity index (χ2n) is 5.23. The van der Waals surface area contributed by atoms with Crippen LogP contribution in [0.3, 0.4) is 0 Å². The number of imidazole rings is 1. The Kier molecular flexibility index (Phi) is 3.27. The van der Waals surface area contributed by atoms with Gasteiger partial charge in [0.15, 0.2) is 0 Å². The first kappa shape index (κ1) is 13.9. The molecule has 20 heavy (non-hydrogen) atoms. The Balaban J connectivity index is 2.18. The van der Waals surface area contributed by atoms with Crippen LogP contribution in [0.1, 0.15) is 38.6 Å². The maximum atomic E-state index is 12.9. The van der Waals surface area contributed by atoms with Gasteiger partial charge in [-0.25, -0.2) is 0 Å². The molecule has 0 amide bonds. The van der Waals surface area contributed by atoms with Gasteiger partial charge in [0.25, 0.3) is 0 Å². The van der Waals surface area contributed by atoms with Gasteiger partial charge < -0.3 is 0 Å². The van der Waals surface area contributed by atoms with Crippen LogP contribution in [0.2, 0.25) is 4.71 Å². The average Bonchev–Trinajstić information content (AvgIpc) is 3.04. The van der Waals surface area contributed by atoms with Crippen molar-refractivity contribution in [1.82, 2.24) is 19.5 Å². The zero-order valence-electron chi connectivity index (χ0n) is 11.1. The molecule has 1 atom stereocenters. The van der Waals surface area contributed by atoms with Crippen molar-refractivity contribution in [3.63, 3.8) is 0 Å². The molecule has 2 aromatic rings. The van der Waals surface area contributed by atoms with Gasteiger partial charge >= 0.3 is 120 Å². The quantitative estimate of drug-likeness (QED) is 0.800. The Morgan fingerprint density at radius 1 is 1.30 bits per heavy atom. The molecule has 0 bridgehead atoms. The summed E-state index contributed by atoms with van der Waals surface area (Å²) in [5.74, 6) is -1.04. The van der Waals surface area contributed by atoms with E-state index >= 15 is 0 Å². The molecule has 2 aromatic heterocycles. The Morgan fingerprint density at radius 2 is 2.00 bits per heavy atom. The summed E-state index contributed by atoms with van der Waals surface area (Å²) in [4.78, 5) is 11.7. The van der Waals surface area contributed by atoms with Gasteiger partial charge in [0.2, 0.25) is 0 Å². The fourth-order valence-corrected chi connectivity index (χ4v) is 4.72. The number of nitrogens with zero attached hydrogens (tertiary/aromatic N) is 4. The van der Waals surface area contributed by atoms with E-state index in [9.17, 15) is 13.2 Å². The molecule has 1 unspecified atom stereocenters. The number of alkyl halides is 3. The fourth-order valence-electron chi connectivity index (χ4n) is 1.94. The van der Waals surface area contributed by atoms with Gasteiger partial charge in [0.05, 0.1) is 0 Å². The Labute approximate surface area is 120 Å². The molecule has 0 aromatic carbocycles. The average molecular weight is 346 g/mol. The molecule has 3 rings (SSSR count). The predicted molar refractivity (Wildman–Crippen MR) is 70.5 cm³/mol. The van der Waals surface area contributed by atoms with Crippen LogP contribution in [-0.2, 0) is 6.18 Å². The van der Waals surface area contributed by atoms with Gasteiger partial charge in [-0.05, 0) is 0 Å². The second-order valence-corrected chi connectivity index (χ2v) is 8.54. The zero-order chi connectivity index (χ0) is 14.5. The molecule has 1 aliphatic rings. The minimum atomic E-state index is -4.51. The van der Waals surface area contributed by atoms with Gasteiger partial charge in [-0.2, -0.15) is 0 Å². The van der Waals surface area contributed by atoms with E-state index in [1.807, 2.05) is 13.8 Å². The van der Waals surface area contributed by atoms with Crippen LogP contribution < -0.4 is 4.48 Å². The second kappa shape index (κ2) is 4.72. The van der Waals surface area contributed by atoms with Crippen LogP contribution >= 0.6 is 0 Å². The maximum absolute atomic E-state index is 12.9. The van der Waals surface area contributed by atoms with E-state index in [4.69, 9.17) is 0 Å². The van der Waals surface area contributed by atoms with Crippen molar-refractivity contribution < 1.29 is 13.2 Å². The number of rotatable bonds is 3. The van der Waals surface area contributed by atoms with Crippen LogP contribution in [0, 0.1) is 0 Å². The van der Waals surface area contributed by atoms with Crippen LogP contribution in [0.5, 0.6) is 0 Å². The van der Waals surface area contributed by atoms with Gasteiger partial charge in [-0.3, -0.25) is 0 Å². The SMILES string of the molecule is CC(C)n1cnc2c([AsH]C3CC3)nc(C(F)(F)F)nc21. The molecule has 2 heterocycles. The van der Waals surface area contributed by atoms with Crippen molar-refractivity contribution in [2.24, 2.45) is 0 Å². The molecule has 108 valence electrons. The van der Waals surface area contributed by atoms with Gasteiger partial charge in [0, 0.05) is 0 Å². The number of hydrogen-bond acceptors (Lipinski definition) is 3. The summed E-state index contributed by atoms with van der Waals surface area (Å²) in [7, 11) is 0. The third kappa shape index (κ3) is 2.55. The summed E-state index contributed by atoms with van der Waals surface area (Å²) in [6.45, 7) is 3.79. The third-order valence-electron chi connectivity index (χ3n) is 3.15. The van der Waals surface area contributed by atoms with Crippen molar-refractivity contribution in [2.45, 2.75) is 43.6 Å². The van der Waals surface area contributed by atoms with Crippen molar-refractivity contribution in [2.75, 3.05) is 0 Å². The summed E-state index contributed by atoms with van der Waals surface area (Å²) in [5, 5.41) is 0. The van der Waals surface area contributed by atoms with Crippen LogP contribution in [-0.4, -0.2) is 35.3 Å². The summed E-state index contributed by atoms with van der Waals surface area (Å²) < 4.78 is 41.6. The van der Waals surface area contributed by atoms with E-state index < -0.39 is 27.8 Å². The minimum absolute atomic E-state index is 0.0183. The van der Waals surface area contributed by atoms with Crippen molar-refractivity contribution in [3.8, 4) is 0 Å². The van der Waals surface area contributed by atoms with Crippen LogP contribution in [0.25, 0.3) is 11.2 Å². The van der Waals surface area contributed by atoms with Gasteiger partial charge in [0.1, 0.15) is 0 Å². The molecule has 1 saturated carbocycles. The summed E-state index contributed by atoms with van der Waals surface area (Å²) in [5.41, 5.74) is 0.861.